The van der Waals surface area contributed by atoms with Gasteiger partial charge in [0.2, 0.25) is 5.91 Å². The maximum atomic E-state index is 12.8. The number of carbonyl (C=O) groups excluding carboxylic acids is 2. The van der Waals surface area contributed by atoms with Crippen LogP contribution in [0.3, 0.4) is 0 Å². The van der Waals surface area contributed by atoms with E-state index in [1.165, 1.54) is 5.56 Å². The highest BCUT2D eigenvalue weighted by Crippen LogP contribution is 2.22. The zero-order valence-electron chi connectivity index (χ0n) is 17.0. The quantitative estimate of drug-likeness (QED) is 0.824. The van der Waals surface area contributed by atoms with Crippen LogP contribution in [0.25, 0.3) is 0 Å². The molecule has 1 aliphatic rings. The fourth-order valence-electron chi connectivity index (χ4n) is 3.85. The number of nitrogens with zero attached hydrogens (tertiary/aromatic N) is 1. The molecule has 3 rings (SSSR count). The highest BCUT2D eigenvalue weighted by atomic mass is 16.3. The van der Waals surface area contributed by atoms with Crippen LogP contribution in [0.1, 0.15) is 53.6 Å². The van der Waals surface area contributed by atoms with Crippen LogP contribution in [-0.4, -0.2) is 35.8 Å². The van der Waals surface area contributed by atoms with E-state index in [0.29, 0.717) is 24.4 Å². The number of piperidine rings is 1. The lowest BCUT2D eigenvalue weighted by Crippen LogP contribution is -2.47. The Morgan fingerprint density at radius 3 is 2.68 bits per heavy atom. The molecule has 0 radical (unpaired) electrons. The molecule has 1 fully saturated rings. The van der Waals surface area contributed by atoms with Gasteiger partial charge >= 0.3 is 0 Å². The number of benzene rings is 1. The fraction of sp³-hybridized carbons (Fsp3) is 0.478. The summed E-state index contributed by atoms with van der Waals surface area (Å²) in [5.74, 6) is 1.25. The van der Waals surface area contributed by atoms with E-state index in [0.717, 1.165) is 31.4 Å². The first-order chi connectivity index (χ1) is 13.4. The van der Waals surface area contributed by atoms with Crippen molar-refractivity contribution in [2.75, 3.05) is 13.1 Å². The molecule has 0 saturated carbocycles. The molecule has 1 aromatic carbocycles. The van der Waals surface area contributed by atoms with Gasteiger partial charge in [-0.15, -0.1) is 0 Å². The summed E-state index contributed by atoms with van der Waals surface area (Å²) >= 11 is 0. The molecular formula is C23H30N2O3. The van der Waals surface area contributed by atoms with Crippen molar-refractivity contribution >= 4 is 11.8 Å². The van der Waals surface area contributed by atoms with Crippen LogP contribution in [0.5, 0.6) is 0 Å². The summed E-state index contributed by atoms with van der Waals surface area (Å²) in [5.41, 5.74) is 1.89. The second-order valence-corrected chi connectivity index (χ2v) is 7.85. The number of aryl methyl sites for hydroxylation is 3. The average molecular weight is 383 g/mol. The van der Waals surface area contributed by atoms with E-state index < -0.39 is 0 Å². The van der Waals surface area contributed by atoms with E-state index in [-0.39, 0.29) is 23.8 Å². The fourth-order valence-corrected chi connectivity index (χ4v) is 3.85. The molecule has 2 atom stereocenters. The Labute approximate surface area is 167 Å². The second-order valence-electron chi connectivity index (χ2n) is 7.85. The predicted molar refractivity (Wildman–Crippen MR) is 109 cm³/mol. The smallest absolute Gasteiger partial charge is 0.257 e. The van der Waals surface area contributed by atoms with Crippen molar-refractivity contribution in [1.82, 2.24) is 10.2 Å². The Balaban J connectivity index is 1.52. The van der Waals surface area contributed by atoms with Crippen LogP contribution in [0.15, 0.2) is 40.8 Å². The van der Waals surface area contributed by atoms with Crippen LogP contribution < -0.4 is 5.32 Å². The monoisotopic (exact) mass is 382 g/mol. The summed E-state index contributed by atoms with van der Waals surface area (Å²) in [4.78, 5) is 27.3. The van der Waals surface area contributed by atoms with Gasteiger partial charge in [-0.2, -0.15) is 0 Å². The molecule has 5 nitrogen and oxygen atoms in total. The van der Waals surface area contributed by atoms with Gasteiger partial charge in [-0.25, -0.2) is 0 Å². The first-order valence-corrected chi connectivity index (χ1v) is 10.1. The van der Waals surface area contributed by atoms with Crippen LogP contribution in [0.2, 0.25) is 0 Å². The summed E-state index contributed by atoms with van der Waals surface area (Å²) in [7, 11) is 0. The molecule has 0 aliphatic carbocycles. The lowest BCUT2D eigenvalue weighted by molar-refractivity contribution is -0.127. The molecule has 1 saturated heterocycles. The van der Waals surface area contributed by atoms with Crippen molar-refractivity contribution < 1.29 is 14.0 Å². The van der Waals surface area contributed by atoms with Gasteiger partial charge in [0.05, 0.1) is 11.5 Å². The molecule has 0 bridgehead atoms. The maximum absolute atomic E-state index is 12.8. The summed E-state index contributed by atoms with van der Waals surface area (Å²) in [5, 5.41) is 3.14. The van der Waals surface area contributed by atoms with Crippen molar-refractivity contribution in [3.05, 3.63) is 59.0 Å². The van der Waals surface area contributed by atoms with Crippen molar-refractivity contribution in [2.45, 2.75) is 52.5 Å². The summed E-state index contributed by atoms with van der Waals surface area (Å²) in [6.45, 7) is 6.86. The van der Waals surface area contributed by atoms with Gasteiger partial charge in [-0.3, -0.25) is 9.59 Å². The average Bonchev–Trinajstić information content (AvgIpc) is 3.04. The topological polar surface area (TPSA) is 62.6 Å². The number of carbonyl (C=O) groups is 2. The Hall–Kier alpha value is -2.56. The minimum absolute atomic E-state index is 0.0380. The number of amides is 2. The Bertz CT molecular complexity index is 813. The van der Waals surface area contributed by atoms with Crippen LogP contribution in [0.4, 0.5) is 0 Å². The van der Waals surface area contributed by atoms with Gasteiger partial charge in [-0.1, -0.05) is 30.3 Å². The minimum Gasteiger partial charge on any atom is -0.466 e. The zero-order chi connectivity index (χ0) is 20.1. The standard InChI is InChI=1S/C23H30N2O3/c1-16(11-12-19-8-5-4-6-9-19)24-22(26)20-10-7-13-25(15-20)23(27)21-14-17(2)28-18(21)3/h4-6,8-9,14,16,20H,7,10-13,15H2,1-3H3,(H,24,26)/t16-,20+/m0/s1. The normalized spacial score (nSPS) is 18.0. The molecule has 1 N–H and O–H groups in total. The van der Waals surface area contributed by atoms with Crippen LogP contribution >= 0.6 is 0 Å². The van der Waals surface area contributed by atoms with Gasteiger partial charge in [0.25, 0.3) is 5.91 Å². The van der Waals surface area contributed by atoms with Crippen LogP contribution in [-0.2, 0) is 11.2 Å². The Kier molecular flexibility index (Phi) is 6.55. The van der Waals surface area contributed by atoms with Gasteiger partial charge in [0.15, 0.2) is 0 Å². The molecule has 28 heavy (non-hydrogen) atoms. The first-order valence-electron chi connectivity index (χ1n) is 10.1. The lowest BCUT2D eigenvalue weighted by Gasteiger charge is -2.32. The summed E-state index contributed by atoms with van der Waals surface area (Å²) in [6, 6.07) is 12.2. The van der Waals surface area contributed by atoms with Crippen LogP contribution in [0, 0.1) is 19.8 Å². The first kappa shape index (κ1) is 20.2. The van der Waals surface area contributed by atoms with E-state index in [1.54, 1.807) is 11.0 Å². The third-order valence-electron chi connectivity index (χ3n) is 5.45. The zero-order valence-corrected chi connectivity index (χ0v) is 17.0. The number of hydrogen-bond acceptors (Lipinski definition) is 3. The Morgan fingerprint density at radius 2 is 2.00 bits per heavy atom. The molecule has 2 amide bonds. The molecule has 150 valence electrons. The summed E-state index contributed by atoms with van der Waals surface area (Å²) in [6.07, 6.45) is 3.51. The molecule has 1 aromatic heterocycles. The minimum atomic E-state index is -0.148. The number of furan rings is 1. The molecule has 2 aromatic rings. The van der Waals surface area contributed by atoms with E-state index >= 15 is 0 Å². The van der Waals surface area contributed by atoms with Gasteiger partial charge < -0.3 is 14.6 Å². The van der Waals surface area contributed by atoms with E-state index in [4.69, 9.17) is 4.42 Å². The maximum Gasteiger partial charge on any atom is 0.257 e. The van der Waals surface area contributed by atoms with Crippen molar-refractivity contribution in [1.29, 1.82) is 0 Å². The lowest BCUT2D eigenvalue weighted by atomic mass is 9.95. The number of nitrogens with one attached hydrogen (secondary N) is 1. The predicted octanol–water partition coefficient (Wildman–Crippen LogP) is 3.89. The largest absolute Gasteiger partial charge is 0.466 e. The number of likely N-dealkylation sites (tertiary alicyclic amines) is 1. The van der Waals surface area contributed by atoms with Gasteiger partial charge in [-0.05, 0) is 58.1 Å². The molecule has 2 heterocycles. The summed E-state index contributed by atoms with van der Waals surface area (Å²) < 4.78 is 5.49. The highest BCUT2D eigenvalue weighted by molar-refractivity contribution is 5.95. The van der Waals surface area contributed by atoms with E-state index in [1.807, 2.05) is 39.0 Å². The van der Waals surface area contributed by atoms with E-state index in [2.05, 4.69) is 17.4 Å². The second kappa shape index (κ2) is 9.09. The highest BCUT2D eigenvalue weighted by Gasteiger charge is 2.30. The molecule has 0 unspecified atom stereocenters. The molecule has 5 heteroatoms. The Morgan fingerprint density at radius 1 is 1.25 bits per heavy atom. The number of rotatable bonds is 6. The van der Waals surface area contributed by atoms with Crippen molar-refractivity contribution in [3.8, 4) is 0 Å². The molecule has 0 spiro atoms. The van der Waals surface area contributed by atoms with Gasteiger partial charge in [0, 0.05) is 19.1 Å². The third-order valence-corrected chi connectivity index (χ3v) is 5.45. The number of hydrogen-bond donors (Lipinski definition) is 1. The third kappa shape index (κ3) is 5.03. The SMILES string of the molecule is Cc1cc(C(=O)N2CCC[C@@H](C(=O)N[C@@H](C)CCc3ccccc3)C2)c(C)o1. The van der Waals surface area contributed by atoms with Gasteiger partial charge in [0.1, 0.15) is 11.5 Å². The van der Waals surface area contributed by atoms with E-state index in [9.17, 15) is 9.59 Å². The molecular weight excluding hydrogens is 352 g/mol. The van der Waals surface area contributed by atoms with Crippen molar-refractivity contribution in [3.63, 3.8) is 0 Å². The van der Waals surface area contributed by atoms with Crippen molar-refractivity contribution in [2.24, 2.45) is 5.92 Å². The molecule has 1 aliphatic heterocycles.